The Bertz CT molecular complexity index is 381. The molecule has 1 aromatic carbocycles. The Morgan fingerprint density at radius 2 is 1.79 bits per heavy atom. The normalized spacial score (nSPS) is 17.9. The van der Waals surface area contributed by atoms with Gasteiger partial charge in [-0.3, -0.25) is 9.80 Å². The number of anilines is 1. The topological polar surface area (TPSA) is 18.5 Å². The zero-order chi connectivity index (χ0) is 13.7. The molecule has 1 aliphatic heterocycles. The van der Waals surface area contributed by atoms with Crippen LogP contribution < -0.4 is 5.32 Å². The third-order valence-corrected chi connectivity index (χ3v) is 4.03. The summed E-state index contributed by atoms with van der Waals surface area (Å²) in [6, 6.07) is 9.19. The molecule has 0 bridgehead atoms. The SMILES string of the molecule is Cc1ccccc1NCCN1CCN(C(C)C)CC1. The van der Waals surface area contributed by atoms with Gasteiger partial charge >= 0.3 is 0 Å². The maximum absolute atomic E-state index is 3.54. The second kappa shape index (κ2) is 6.92. The van der Waals surface area contributed by atoms with Crippen molar-refractivity contribution in [2.75, 3.05) is 44.6 Å². The molecule has 0 aromatic heterocycles. The summed E-state index contributed by atoms with van der Waals surface area (Å²) in [6.07, 6.45) is 0. The fraction of sp³-hybridized carbons (Fsp3) is 0.625. The predicted octanol–water partition coefficient (Wildman–Crippen LogP) is 2.43. The summed E-state index contributed by atoms with van der Waals surface area (Å²) in [5, 5.41) is 3.54. The zero-order valence-electron chi connectivity index (χ0n) is 12.5. The molecule has 1 aromatic rings. The van der Waals surface area contributed by atoms with E-state index in [1.807, 2.05) is 0 Å². The van der Waals surface area contributed by atoms with Gasteiger partial charge in [-0.2, -0.15) is 0 Å². The number of hydrogen-bond acceptors (Lipinski definition) is 3. The minimum absolute atomic E-state index is 0.687. The highest BCUT2D eigenvalue weighted by Crippen LogP contribution is 2.12. The van der Waals surface area contributed by atoms with E-state index in [-0.39, 0.29) is 0 Å². The standard InChI is InChI=1S/C16H27N3/c1-14(2)19-12-10-18(11-13-19)9-8-17-16-7-5-4-6-15(16)3/h4-7,14,17H,8-13H2,1-3H3. The van der Waals surface area contributed by atoms with E-state index in [9.17, 15) is 0 Å². The summed E-state index contributed by atoms with van der Waals surface area (Å²) in [6.45, 7) is 13.7. The lowest BCUT2D eigenvalue weighted by atomic mass is 10.2. The van der Waals surface area contributed by atoms with Crippen LogP contribution in [0.3, 0.4) is 0 Å². The average Bonchev–Trinajstić information content (AvgIpc) is 2.41. The molecular formula is C16H27N3. The van der Waals surface area contributed by atoms with Crippen molar-refractivity contribution in [2.45, 2.75) is 26.8 Å². The van der Waals surface area contributed by atoms with Crippen LogP contribution in [0, 0.1) is 6.92 Å². The molecule has 0 aliphatic carbocycles. The summed E-state index contributed by atoms with van der Waals surface area (Å²) in [5.74, 6) is 0. The van der Waals surface area contributed by atoms with Gasteiger partial charge < -0.3 is 5.32 Å². The van der Waals surface area contributed by atoms with E-state index >= 15 is 0 Å². The van der Waals surface area contributed by atoms with Crippen molar-refractivity contribution < 1.29 is 0 Å². The lowest BCUT2D eigenvalue weighted by Crippen LogP contribution is -2.49. The third kappa shape index (κ3) is 4.22. The van der Waals surface area contributed by atoms with Crippen LogP contribution in [0.4, 0.5) is 5.69 Å². The molecule has 2 rings (SSSR count). The maximum atomic E-state index is 3.54. The number of para-hydroxylation sites is 1. The first-order valence-corrected chi connectivity index (χ1v) is 7.42. The van der Waals surface area contributed by atoms with Crippen LogP contribution in [0.2, 0.25) is 0 Å². The van der Waals surface area contributed by atoms with Crippen molar-refractivity contribution >= 4 is 5.69 Å². The van der Waals surface area contributed by atoms with Crippen molar-refractivity contribution in [3.8, 4) is 0 Å². The van der Waals surface area contributed by atoms with Gasteiger partial charge in [0, 0.05) is 51.0 Å². The molecule has 3 heteroatoms. The van der Waals surface area contributed by atoms with Crippen LogP contribution in [0.15, 0.2) is 24.3 Å². The van der Waals surface area contributed by atoms with E-state index < -0.39 is 0 Å². The van der Waals surface area contributed by atoms with Crippen LogP contribution in [0.1, 0.15) is 19.4 Å². The highest BCUT2D eigenvalue weighted by Gasteiger charge is 2.17. The fourth-order valence-corrected chi connectivity index (χ4v) is 2.62. The van der Waals surface area contributed by atoms with Crippen molar-refractivity contribution in [3.63, 3.8) is 0 Å². The number of nitrogens with zero attached hydrogens (tertiary/aromatic N) is 2. The number of benzene rings is 1. The number of hydrogen-bond donors (Lipinski definition) is 1. The lowest BCUT2D eigenvalue weighted by Gasteiger charge is -2.37. The molecule has 106 valence electrons. The van der Waals surface area contributed by atoms with E-state index in [4.69, 9.17) is 0 Å². The Labute approximate surface area is 117 Å². The van der Waals surface area contributed by atoms with Gasteiger partial charge in [0.05, 0.1) is 0 Å². The summed E-state index contributed by atoms with van der Waals surface area (Å²) in [4.78, 5) is 5.12. The van der Waals surface area contributed by atoms with Gasteiger partial charge in [-0.05, 0) is 32.4 Å². The quantitative estimate of drug-likeness (QED) is 0.878. The van der Waals surface area contributed by atoms with E-state index in [0.29, 0.717) is 6.04 Å². The molecule has 3 nitrogen and oxygen atoms in total. The van der Waals surface area contributed by atoms with Gasteiger partial charge in [0.15, 0.2) is 0 Å². The summed E-state index contributed by atoms with van der Waals surface area (Å²) in [7, 11) is 0. The molecule has 1 aliphatic rings. The first kappa shape index (κ1) is 14.4. The van der Waals surface area contributed by atoms with Gasteiger partial charge in [-0.15, -0.1) is 0 Å². The minimum atomic E-state index is 0.687. The van der Waals surface area contributed by atoms with Crippen molar-refractivity contribution in [1.82, 2.24) is 9.80 Å². The molecule has 1 heterocycles. The van der Waals surface area contributed by atoms with Crippen LogP contribution >= 0.6 is 0 Å². The lowest BCUT2D eigenvalue weighted by molar-refractivity contribution is 0.111. The Morgan fingerprint density at radius 1 is 1.11 bits per heavy atom. The van der Waals surface area contributed by atoms with E-state index in [2.05, 4.69) is 60.2 Å². The summed E-state index contributed by atoms with van der Waals surface area (Å²) < 4.78 is 0. The fourth-order valence-electron chi connectivity index (χ4n) is 2.62. The van der Waals surface area contributed by atoms with Crippen molar-refractivity contribution in [3.05, 3.63) is 29.8 Å². The van der Waals surface area contributed by atoms with Gasteiger partial charge in [0.1, 0.15) is 0 Å². The predicted molar refractivity (Wildman–Crippen MR) is 82.8 cm³/mol. The summed E-state index contributed by atoms with van der Waals surface area (Å²) in [5.41, 5.74) is 2.59. The minimum Gasteiger partial charge on any atom is -0.384 e. The highest BCUT2D eigenvalue weighted by atomic mass is 15.3. The first-order valence-electron chi connectivity index (χ1n) is 7.42. The molecule has 0 radical (unpaired) electrons. The van der Waals surface area contributed by atoms with E-state index in [1.54, 1.807) is 0 Å². The van der Waals surface area contributed by atoms with Crippen LogP contribution in [-0.4, -0.2) is 55.1 Å². The Kier molecular flexibility index (Phi) is 5.23. The average molecular weight is 261 g/mol. The molecule has 19 heavy (non-hydrogen) atoms. The number of nitrogens with one attached hydrogen (secondary N) is 1. The van der Waals surface area contributed by atoms with Crippen molar-refractivity contribution in [2.24, 2.45) is 0 Å². The molecule has 1 saturated heterocycles. The summed E-state index contributed by atoms with van der Waals surface area (Å²) >= 11 is 0. The molecule has 0 atom stereocenters. The van der Waals surface area contributed by atoms with Gasteiger partial charge in [-0.1, -0.05) is 18.2 Å². The highest BCUT2D eigenvalue weighted by molar-refractivity contribution is 5.50. The van der Waals surface area contributed by atoms with Gasteiger partial charge in [0.2, 0.25) is 0 Å². The number of aryl methyl sites for hydroxylation is 1. The third-order valence-electron chi connectivity index (χ3n) is 4.03. The maximum Gasteiger partial charge on any atom is 0.0370 e. The Balaban J connectivity index is 1.69. The molecule has 0 unspecified atom stereocenters. The van der Waals surface area contributed by atoms with E-state index in [1.165, 1.54) is 37.4 Å². The van der Waals surface area contributed by atoms with Crippen molar-refractivity contribution in [1.29, 1.82) is 0 Å². The van der Waals surface area contributed by atoms with Crippen LogP contribution in [-0.2, 0) is 0 Å². The van der Waals surface area contributed by atoms with Crippen LogP contribution in [0.5, 0.6) is 0 Å². The monoisotopic (exact) mass is 261 g/mol. The smallest absolute Gasteiger partial charge is 0.0370 e. The number of piperazine rings is 1. The largest absolute Gasteiger partial charge is 0.384 e. The molecule has 1 N–H and O–H groups in total. The Morgan fingerprint density at radius 3 is 2.42 bits per heavy atom. The van der Waals surface area contributed by atoms with E-state index in [0.717, 1.165) is 13.1 Å². The first-order chi connectivity index (χ1) is 9.16. The van der Waals surface area contributed by atoms with Gasteiger partial charge in [-0.25, -0.2) is 0 Å². The molecule has 0 saturated carbocycles. The molecule has 0 spiro atoms. The molecule has 1 fully saturated rings. The van der Waals surface area contributed by atoms with Crippen LogP contribution in [0.25, 0.3) is 0 Å². The second-order valence-corrected chi connectivity index (χ2v) is 5.71. The zero-order valence-corrected chi connectivity index (χ0v) is 12.5. The Hall–Kier alpha value is -1.06. The number of rotatable bonds is 5. The second-order valence-electron chi connectivity index (χ2n) is 5.71. The van der Waals surface area contributed by atoms with Gasteiger partial charge in [0.25, 0.3) is 0 Å². The molecule has 0 amide bonds. The molecular weight excluding hydrogens is 234 g/mol.